The lowest BCUT2D eigenvalue weighted by Gasteiger charge is -2.24. The molecule has 0 bridgehead atoms. The Labute approximate surface area is 206 Å². The van der Waals surface area contributed by atoms with E-state index in [-0.39, 0.29) is 48.2 Å². The molecule has 2 heterocycles. The zero-order valence-electron chi connectivity index (χ0n) is 19.5. The van der Waals surface area contributed by atoms with Gasteiger partial charge in [0.1, 0.15) is 11.2 Å². The molecule has 2 aliphatic carbocycles. The van der Waals surface area contributed by atoms with Gasteiger partial charge in [-0.3, -0.25) is 4.79 Å². The Bertz CT molecular complexity index is 1370. The van der Waals surface area contributed by atoms with E-state index in [1.165, 1.54) is 4.90 Å². The number of fused-ring (bicyclic) bond motifs is 1. The standard InChI is InChI=1S/C22H21F6N3O5S/c1-11(21(23,24)25)35-15-4-3-13(37(2,33)34)7-14(15)16(32)31-9-12-8-19(12,10-31)17-29-30-18(36-17)20(5-6-20)22(26,27)28/h3-4,7,11-12H,5-6,8-10H2,1-2H3/t11-,12?,19?/m0/s1. The zero-order valence-corrected chi connectivity index (χ0v) is 20.3. The van der Waals surface area contributed by atoms with Crippen molar-refractivity contribution in [1.29, 1.82) is 0 Å². The van der Waals surface area contributed by atoms with Gasteiger partial charge in [0.2, 0.25) is 11.8 Å². The molecule has 15 heteroatoms. The van der Waals surface area contributed by atoms with Crippen molar-refractivity contribution >= 4 is 15.7 Å². The van der Waals surface area contributed by atoms with Gasteiger partial charge >= 0.3 is 12.4 Å². The molecule has 3 aliphatic rings. The van der Waals surface area contributed by atoms with Crippen LogP contribution < -0.4 is 4.74 Å². The molecule has 0 N–H and O–H groups in total. The van der Waals surface area contributed by atoms with Crippen molar-refractivity contribution in [2.75, 3.05) is 19.3 Å². The van der Waals surface area contributed by atoms with Crippen LogP contribution in [0.5, 0.6) is 5.75 Å². The number of likely N-dealkylation sites (tertiary alicyclic amines) is 1. The smallest absolute Gasteiger partial charge is 0.425 e. The molecule has 1 aromatic carbocycles. The summed E-state index contributed by atoms with van der Waals surface area (Å²) in [4.78, 5) is 14.4. The molecule has 5 rings (SSSR count). The van der Waals surface area contributed by atoms with E-state index in [2.05, 4.69) is 10.2 Å². The van der Waals surface area contributed by atoms with Gasteiger partial charge in [-0.15, -0.1) is 10.2 Å². The number of sulfone groups is 1. The van der Waals surface area contributed by atoms with Gasteiger partial charge in [0.25, 0.3) is 5.91 Å². The summed E-state index contributed by atoms with van der Waals surface area (Å²) in [5.74, 6) is -1.97. The molecule has 37 heavy (non-hydrogen) atoms. The molecular weight excluding hydrogens is 532 g/mol. The molecule has 1 aromatic heterocycles. The number of benzene rings is 1. The van der Waals surface area contributed by atoms with Crippen molar-refractivity contribution in [2.24, 2.45) is 5.92 Å². The number of hydrogen-bond acceptors (Lipinski definition) is 7. The van der Waals surface area contributed by atoms with Gasteiger partial charge in [-0.05, 0) is 50.3 Å². The van der Waals surface area contributed by atoms with E-state index in [4.69, 9.17) is 9.15 Å². The maximum absolute atomic E-state index is 13.4. The molecule has 3 fully saturated rings. The van der Waals surface area contributed by atoms with Gasteiger partial charge < -0.3 is 14.1 Å². The number of ether oxygens (including phenoxy) is 1. The minimum Gasteiger partial charge on any atom is -0.480 e. The number of rotatable bonds is 6. The highest BCUT2D eigenvalue weighted by molar-refractivity contribution is 7.90. The van der Waals surface area contributed by atoms with Gasteiger partial charge in [-0.2, -0.15) is 26.3 Å². The second-order valence-corrected chi connectivity index (χ2v) is 12.0. The highest BCUT2D eigenvalue weighted by Crippen LogP contribution is 2.62. The summed E-state index contributed by atoms with van der Waals surface area (Å²) in [5.41, 5.74) is -3.39. The number of aromatic nitrogens is 2. The summed E-state index contributed by atoms with van der Waals surface area (Å²) in [5, 5.41) is 7.48. The molecule has 8 nitrogen and oxygen atoms in total. The zero-order chi connectivity index (χ0) is 27.2. The third-order valence-corrected chi connectivity index (χ3v) is 8.47. The summed E-state index contributed by atoms with van der Waals surface area (Å²) in [6.07, 6.45) is -10.5. The van der Waals surface area contributed by atoms with Crippen molar-refractivity contribution in [3.05, 3.63) is 35.5 Å². The largest absolute Gasteiger partial charge is 0.480 e. The first-order valence-electron chi connectivity index (χ1n) is 11.3. The molecule has 3 atom stereocenters. The number of alkyl halides is 6. The van der Waals surface area contributed by atoms with Crippen LogP contribution >= 0.6 is 0 Å². The number of nitrogens with zero attached hydrogens (tertiary/aromatic N) is 3. The molecule has 0 spiro atoms. The van der Waals surface area contributed by atoms with Crippen molar-refractivity contribution in [2.45, 2.75) is 60.4 Å². The van der Waals surface area contributed by atoms with E-state index < -0.39 is 56.7 Å². The Morgan fingerprint density at radius 3 is 2.38 bits per heavy atom. The molecule has 1 saturated heterocycles. The topological polar surface area (TPSA) is 103 Å². The van der Waals surface area contributed by atoms with Crippen molar-refractivity contribution < 1.29 is 48.7 Å². The van der Waals surface area contributed by atoms with Gasteiger partial charge in [0.15, 0.2) is 15.9 Å². The van der Waals surface area contributed by atoms with E-state index in [1.54, 1.807) is 0 Å². The van der Waals surface area contributed by atoms with E-state index in [0.29, 0.717) is 6.42 Å². The first kappa shape index (κ1) is 25.8. The van der Waals surface area contributed by atoms with E-state index in [0.717, 1.165) is 31.4 Å². The van der Waals surface area contributed by atoms with Gasteiger partial charge in [-0.1, -0.05) is 0 Å². The lowest BCUT2D eigenvalue weighted by molar-refractivity contribution is -0.189. The van der Waals surface area contributed by atoms with E-state index in [9.17, 15) is 39.6 Å². The fourth-order valence-electron chi connectivity index (χ4n) is 4.77. The minimum atomic E-state index is -4.74. The second-order valence-electron chi connectivity index (χ2n) is 9.97. The van der Waals surface area contributed by atoms with Crippen LogP contribution in [0.3, 0.4) is 0 Å². The quantitative estimate of drug-likeness (QED) is 0.502. The van der Waals surface area contributed by atoms with Crippen molar-refractivity contribution in [3.8, 4) is 5.75 Å². The minimum absolute atomic E-state index is 0.0228. The van der Waals surface area contributed by atoms with E-state index in [1.807, 2.05) is 0 Å². The summed E-state index contributed by atoms with van der Waals surface area (Å²) >= 11 is 0. The molecular formula is C22H21F6N3O5S. The van der Waals surface area contributed by atoms with E-state index >= 15 is 0 Å². The fraction of sp³-hybridized carbons (Fsp3) is 0.591. The summed E-state index contributed by atoms with van der Waals surface area (Å²) in [6, 6.07) is 2.99. The van der Waals surface area contributed by atoms with Crippen LogP contribution in [0, 0.1) is 5.92 Å². The Morgan fingerprint density at radius 2 is 1.81 bits per heavy atom. The monoisotopic (exact) mass is 553 g/mol. The predicted molar refractivity (Wildman–Crippen MR) is 113 cm³/mol. The number of piperidine rings is 1. The average molecular weight is 553 g/mol. The molecule has 2 aromatic rings. The molecule has 202 valence electrons. The Kier molecular flexibility index (Phi) is 5.46. The molecule has 1 aliphatic heterocycles. The highest BCUT2D eigenvalue weighted by Gasteiger charge is 2.70. The number of carbonyl (C=O) groups excluding carboxylic acids is 1. The van der Waals surface area contributed by atoms with Crippen LogP contribution in [0.15, 0.2) is 27.5 Å². The summed E-state index contributed by atoms with van der Waals surface area (Å²) < 4.78 is 114. The predicted octanol–water partition coefficient (Wildman–Crippen LogP) is 3.81. The van der Waals surface area contributed by atoms with Crippen LogP contribution in [0.2, 0.25) is 0 Å². The highest BCUT2D eigenvalue weighted by atomic mass is 32.2. The summed E-state index contributed by atoms with van der Waals surface area (Å²) in [7, 11) is -3.80. The molecule has 2 unspecified atom stereocenters. The van der Waals surface area contributed by atoms with Gasteiger partial charge in [0, 0.05) is 19.3 Å². The Balaban J connectivity index is 1.41. The van der Waals surface area contributed by atoms with Crippen molar-refractivity contribution in [3.63, 3.8) is 0 Å². The molecule has 1 amide bonds. The number of amides is 1. The van der Waals surface area contributed by atoms with Gasteiger partial charge in [0.05, 0.1) is 15.9 Å². The van der Waals surface area contributed by atoms with Crippen LogP contribution in [-0.2, 0) is 20.7 Å². The van der Waals surface area contributed by atoms with Crippen LogP contribution in [-0.4, -0.2) is 67.2 Å². The van der Waals surface area contributed by atoms with Crippen molar-refractivity contribution in [1.82, 2.24) is 15.1 Å². The maximum atomic E-state index is 13.4. The number of hydrogen-bond donors (Lipinski definition) is 0. The SMILES string of the molecule is C[C@H](Oc1ccc(S(C)(=O)=O)cc1C(=O)N1CC2CC2(c2nnc(C3(C(F)(F)F)CC3)o2)C1)C(F)(F)F. The Morgan fingerprint density at radius 1 is 1.16 bits per heavy atom. The lowest BCUT2D eigenvalue weighted by Crippen LogP contribution is -2.35. The Hall–Kier alpha value is -2.84. The number of carbonyl (C=O) groups is 1. The van der Waals surface area contributed by atoms with Gasteiger partial charge in [-0.25, -0.2) is 8.42 Å². The lowest BCUT2D eigenvalue weighted by atomic mass is 10.1. The maximum Gasteiger partial charge on any atom is 0.425 e. The van der Waals surface area contributed by atoms with Crippen LogP contribution in [0.25, 0.3) is 0 Å². The van der Waals surface area contributed by atoms with Crippen LogP contribution in [0.4, 0.5) is 26.3 Å². The molecule has 2 saturated carbocycles. The van der Waals surface area contributed by atoms with Crippen LogP contribution in [0.1, 0.15) is 48.3 Å². The molecule has 0 radical (unpaired) electrons. The summed E-state index contributed by atoms with van der Waals surface area (Å²) in [6.45, 7) is 0.840. The number of halogens is 6. The normalized spacial score (nSPS) is 25.5. The average Bonchev–Trinajstić information content (AvgIpc) is 3.63. The first-order chi connectivity index (χ1) is 17.0. The third-order valence-electron chi connectivity index (χ3n) is 7.36. The fourth-order valence-corrected chi connectivity index (χ4v) is 5.41. The first-order valence-corrected chi connectivity index (χ1v) is 13.1. The third kappa shape index (κ3) is 4.24. The second kappa shape index (κ2) is 7.84.